The molecule has 2 rings (SSSR count). The van der Waals surface area contributed by atoms with Crippen LogP contribution in [0.1, 0.15) is 11.1 Å². The lowest BCUT2D eigenvalue weighted by molar-refractivity contribution is -0.133. The highest BCUT2D eigenvalue weighted by atomic mass is 32.2. The Labute approximate surface area is 113 Å². The second-order valence-corrected chi connectivity index (χ2v) is 4.68. The molecular formula is C12H10N4O2S. The minimum atomic E-state index is -0.891. The molecule has 0 saturated heterocycles. The Hall–Kier alpha value is -2.33. The molecule has 96 valence electrons. The first-order chi connectivity index (χ1) is 9.19. The average molecular weight is 274 g/mol. The summed E-state index contributed by atoms with van der Waals surface area (Å²) in [6, 6.07) is 9.24. The van der Waals surface area contributed by atoms with E-state index in [0.717, 1.165) is 17.3 Å². The number of aliphatic carboxylic acids is 1. The molecule has 0 saturated carbocycles. The fourth-order valence-electron chi connectivity index (χ4n) is 1.47. The van der Waals surface area contributed by atoms with Crippen LogP contribution in [0.3, 0.4) is 0 Å². The zero-order valence-corrected chi connectivity index (χ0v) is 10.7. The van der Waals surface area contributed by atoms with Gasteiger partial charge in [-0.1, -0.05) is 23.9 Å². The first-order valence-corrected chi connectivity index (χ1v) is 6.39. The maximum Gasteiger partial charge on any atom is 0.313 e. The number of thioether (sulfide) groups is 1. The summed E-state index contributed by atoms with van der Waals surface area (Å²) in [6.07, 6.45) is 1.56. The third-order valence-corrected chi connectivity index (χ3v) is 3.31. The van der Waals surface area contributed by atoms with Crippen molar-refractivity contribution in [2.45, 2.75) is 11.7 Å². The summed E-state index contributed by atoms with van der Waals surface area (Å²) in [4.78, 5) is 10.5. The van der Waals surface area contributed by atoms with E-state index in [2.05, 4.69) is 16.3 Å². The van der Waals surface area contributed by atoms with Crippen LogP contribution < -0.4 is 0 Å². The van der Waals surface area contributed by atoms with Crippen molar-refractivity contribution in [3.8, 4) is 6.07 Å². The Kier molecular flexibility index (Phi) is 4.15. The molecule has 19 heavy (non-hydrogen) atoms. The molecule has 2 aromatic rings. The van der Waals surface area contributed by atoms with E-state index in [1.54, 1.807) is 23.0 Å². The summed E-state index contributed by atoms with van der Waals surface area (Å²) in [6.45, 7) is 0.542. The zero-order chi connectivity index (χ0) is 13.7. The number of carboxylic acid groups (broad SMARTS) is 1. The lowest BCUT2D eigenvalue weighted by Crippen LogP contribution is -2.03. The SMILES string of the molecule is N#Cc1ccc(Cn2cnnc2SCC(=O)O)cc1. The number of aromatic nitrogens is 3. The summed E-state index contributed by atoms with van der Waals surface area (Å²) in [5, 5.41) is 25.6. The molecule has 0 aliphatic rings. The van der Waals surface area contributed by atoms with Gasteiger partial charge in [0.15, 0.2) is 5.16 Å². The van der Waals surface area contributed by atoms with E-state index in [0.29, 0.717) is 17.3 Å². The average Bonchev–Trinajstić information content (AvgIpc) is 2.84. The largest absolute Gasteiger partial charge is 0.481 e. The Balaban J connectivity index is 2.08. The Bertz CT molecular complexity index is 615. The molecule has 1 aromatic heterocycles. The van der Waals surface area contributed by atoms with E-state index in [-0.39, 0.29) is 5.75 Å². The van der Waals surface area contributed by atoms with Crippen LogP contribution in [0.2, 0.25) is 0 Å². The van der Waals surface area contributed by atoms with Crippen LogP contribution in [0.4, 0.5) is 0 Å². The van der Waals surface area contributed by atoms with Gasteiger partial charge < -0.3 is 9.67 Å². The minimum absolute atomic E-state index is 0.0495. The Morgan fingerprint density at radius 2 is 2.16 bits per heavy atom. The summed E-state index contributed by atoms with van der Waals surface area (Å²) in [7, 11) is 0. The summed E-state index contributed by atoms with van der Waals surface area (Å²) in [5.74, 6) is -0.940. The van der Waals surface area contributed by atoms with Crippen molar-refractivity contribution < 1.29 is 9.90 Å². The van der Waals surface area contributed by atoms with Gasteiger partial charge in [0.25, 0.3) is 0 Å². The predicted molar refractivity (Wildman–Crippen MR) is 68.6 cm³/mol. The smallest absolute Gasteiger partial charge is 0.313 e. The highest BCUT2D eigenvalue weighted by Crippen LogP contribution is 2.16. The number of hydrogen-bond acceptors (Lipinski definition) is 5. The number of benzene rings is 1. The molecule has 0 fully saturated rings. The second-order valence-electron chi connectivity index (χ2n) is 3.73. The molecule has 0 amide bonds. The van der Waals surface area contributed by atoms with Gasteiger partial charge in [-0.3, -0.25) is 4.79 Å². The number of rotatable bonds is 5. The van der Waals surface area contributed by atoms with Crippen LogP contribution in [0, 0.1) is 11.3 Å². The van der Waals surface area contributed by atoms with Crippen molar-refractivity contribution in [3.63, 3.8) is 0 Å². The molecule has 1 aromatic carbocycles. The molecule has 0 bridgehead atoms. The Morgan fingerprint density at radius 1 is 1.42 bits per heavy atom. The van der Waals surface area contributed by atoms with Gasteiger partial charge in [0.1, 0.15) is 6.33 Å². The van der Waals surface area contributed by atoms with E-state index in [1.165, 1.54) is 0 Å². The maximum atomic E-state index is 10.5. The van der Waals surface area contributed by atoms with Crippen LogP contribution in [0.15, 0.2) is 35.7 Å². The minimum Gasteiger partial charge on any atom is -0.481 e. The summed E-state index contributed by atoms with van der Waals surface area (Å²) >= 11 is 1.13. The molecular weight excluding hydrogens is 264 g/mol. The van der Waals surface area contributed by atoms with Crippen molar-refractivity contribution in [1.82, 2.24) is 14.8 Å². The van der Waals surface area contributed by atoms with Crippen molar-refractivity contribution in [1.29, 1.82) is 5.26 Å². The van der Waals surface area contributed by atoms with Gasteiger partial charge in [-0.15, -0.1) is 10.2 Å². The monoisotopic (exact) mass is 274 g/mol. The fourth-order valence-corrected chi connectivity index (χ4v) is 2.11. The van der Waals surface area contributed by atoms with Crippen molar-refractivity contribution in [2.24, 2.45) is 0 Å². The standard InChI is InChI=1S/C12H10N4O2S/c13-5-9-1-3-10(4-2-9)6-16-8-14-15-12(16)19-7-11(17)18/h1-4,8H,6-7H2,(H,17,18). The molecule has 1 heterocycles. The third kappa shape index (κ3) is 3.56. The van der Waals surface area contributed by atoms with E-state index in [1.807, 2.05) is 12.1 Å². The normalized spacial score (nSPS) is 10.1. The highest BCUT2D eigenvalue weighted by Gasteiger charge is 2.08. The number of nitriles is 1. The highest BCUT2D eigenvalue weighted by molar-refractivity contribution is 7.99. The fraction of sp³-hybridized carbons (Fsp3) is 0.167. The van der Waals surface area contributed by atoms with Crippen molar-refractivity contribution in [2.75, 3.05) is 5.75 Å². The molecule has 0 aliphatic heterocycles. The van der Waals surface area contributed by atoms with Crippen LogP contribution >= 0.6 is 11.8 Å². The van der Waals surface area contributed by atoms with Gasteiger partial charge >= 0.3 is 5.97 Å². The molecule has 6 nitrogen and oxygen atoms in total. The Morgan fingerprint density at radius 3 is 2.79 bits per heavy atom. The summed E-state index contributed by atoms with van der Waals surface area (Å²) < 4.78 is 1.77. The number of nitrogens with zero attached hydrogens (tertiary/aromatic N) is 4. The number of hydrogen-bond donors (Lipinski definition) is 1. The maximum absolute atomic E-state index is 10.5. The van der Waals surface area contributed by atoms with Gasteiger partial charge in [-0.2, -0.15) is 5.26 Å². The van der Waals surface area contributed by atoms with E-state index < -0.39 is 5.97 Å². The lowest BCUT2D eigenvalue weighted by Gasteiger charge is -2.05. The van der Waals surface area contributed by atoms with E-state index in [9.17, 15) is 4.79 Å². The van der Waals surface area contributed by atoms with Gasteiger partial charge in [-0.05, 0) is 17.7 Å². The van der Waals surface area contributed by atoms with Gasteiger partial charge in [0.2, 0.25) is 0 Å². The van der Waals surface area contributed by atoms with Crippen LogP contribution in [0.25, 0.3) is 0 Å². The van der Waals surface area contributed by atoms with Gasteiger partial charge in [0, 0.05) is 0 Å². The van der Waals surface area contributed by atoms with Crippen LogP contribution in [-0.4, -0.2) is 31.6 Å². The van der Waals surface area contributed by atoms with Gasteiger partial charge in [0.05, 0.1) is 23.9 Å². The molecule has 7 heteroatoms. The third-order valence-electron chi connectivity index (χ3n) is 2.34. The number of carboxylic acids is 1. The summed E-state index contributed by atoms with van der Waals surface area (Å²) in [5.41, 5.74) is 1.60. The van der Waals surface area contributed by atoms with E-state index >= 15 is 0 Å². The molecule has 0 spiro atoms. The van der Waals surface area contributed by atoms with E-state index in [4.69, 9.17) is 10.4 Å². The number of carbonyl (C=O) groups is 1. The zero-order valence-electron chi connectivity index (χ0n) is 9.85. The van der Waals surface area contributed by atoms with Crippen LogP contribution in [0.5, 0.6) is 0 Å². The molecule has 0 radical (unpaired) electrons. The molecule has 1 N–H and O–H groups in total. The first kappa shape index (κ1) is 13.1. The molecule has 0 atom stereocenters. The van der Waals surface area contributed by atoms with Crippen LogP contribution in [-0.2, 0) is 11.3 Å². The topological polar surface area (TPSA) is 91.8 Å². The van der Waals surface area contributed by atoms with Gasteiger partial charge in [-0.25, -0.2) is 0 Å². The molecule has 0 aliphatic carbocycles. The quantitative estimate of drug-likeness (QED) is 0.828. The molecule has 0 unspecified atom stereocenters. The van der Waals surface area contributed by atoms with Crippen molar-refractivity contribution in [3.05, 3.63) is 41.7 Å². The lowest BCUT2D eigenvalue weighted by atomic mass is 10.1. The second kappa shape index (κ2) is 6.02. The first-order valence-electron chi connectivity index (χ1n) is 5.40. The van der Waals surface area contributed by atoms with Crippen molar-refractivity contribution >= 4 is 17.7 Å². The predicted octanol–water partition coefficient (Wildman–Crippen LogP) is 1.37.